The summed E-state index contributed by atoms with van der Waals surface area (Å²) >= 11 is 0. The van der Waals surface area contributed by atoms with Crippen molar-refractivity contribution in [3.05, 3.63) is 23.5 Å². The second kappa shape index (κ2) is 7.66. The van der Waals surface area contributed by atoms with Crippen molar-refractivity contribution < 1.29 is 19.1 Å². The molecular formula is C20H28FN3O3. The van der Waals surface area contributed by atoms with E-state index in [1.165, 1.54) is 6.07 Å². The van der Waals surface area contributed by atoms with E-state index in [1.54, 1.807) is 10.6 Å². The van der Waals surface area contributed by atoms with E-state index in [4.69, 9.17) is 5.11 Å². The molecule has 1 aromatic carbocycles. The number of hydrogen-bond acceptors (Lipinski definition) is 3. The van der Waals surface area contributed by atoms with Crippen molar-refractivity contribution in [3.63, 3.8) is 0 Å². The molecule has 27 heavy (non-hydrogen) atoms. The summed E-state index contributed by atoms with van der Waals surface area (Å²) in [5.74, 6) is -1.48. The molecule has 2 N–H and O–H groups in total. The fraction of sp³-hybridized carbons (Fsp3) is 0.550. The molecule has 1 fully saturated rings. The van der Waals surface area contributed by atoms with E-state index >= 15 is 0 Å². The van der Waals surface area contributed by atoms with Crippen LogP contribution in [0.5, 0.6) is 0 Å². The fourth-order valence-electron chi connectivity index (χ4n) is 3.23. The van der Waals surface area contributed by atoms with E-state index in [-0.39, 0.29) is 42.3 Å². The van der Waals surface area contributed by atoms with Gasteiger partial charge in [0, 0.05) is 18.0 Å². The molecule has 7 heteroatoms. The van der Waals surface area contributed by atoms with Gasteiger partial charge in [0.25, 0.3) is 0 Å². The second-order valence-electron chi connectivity index (χ2n) is 8.15. The number of hydrogen-bond donors (Lipinski definition) is 2. The maximum atomic E-state index is 15.0. The number of aromatic nitrogens is 2. The molecule has 6 nitrogen and oxygen atoms in total. The minimum absolute atomic E-state index is 0. The number of nitrogens with one attached hydrogen (secondary N) is 1. The number of rotatable bonds is 5. The Morgan fingerprint density at radius 1 is 1.33 bits per heavy atom. The number of anilines is 1. The molecule has 1 amide bonds. The number of carbonyl (C=O) groups excluding carboxylic acids is 1. The maximum Gasteiger partial charge on any atom is 0.307 e. The number of carbonyl (C=O) groups is 2. The van der Waals surface area contributed by atoms with Gasteiger partial charge < -0.3 is 9.67 Å². The lowest BCUT2D eigenvalue weighted by Gasteiger charge is -2.29. The minimum atomic E-state index is -1.09. The number of carboxylic acids is 1. The Morgan fingerprint density at radius 2 is 2.00 bits per heavy atom. The first-order chi connectivity index (χ1) is 12.2. The summed E-state index contributed by atoms with van der Waals surface area (Å²) in [4.78, 5) is 27.7. The molecule has 0 saturated heterocycles. The van der Waals surface area contributed by atoms with Gasteiger partial charge in [-0.2, -0.15) is 0 Å². The van der Waals surface area contributed by atoms with Gasteiger partial charge in [-0.3, -0.25) is 14.9 Å². The van der Waals surface area contributed by atoms with E-state index in [2.05, 4.69) is 10.3 Å². The van der Waals surface area contributed by atoms with Gasteiger partial charge in [-0.15, -0.1) is 0 Å². The van der Waals surface area contributed by atoms with E-state index in [0.29, 0.717) is 17.9 Å². The standard InChI is InChI=1S/C19H24FN3O3.CH4/c1-19(2,3)10-14(24)22-18-21-13-8-7-11(9-15(25)26)16(20)17(13)23(18)12-5-4-6-12;/h7-8,12H,4-6,9-10H2,1-3H3,(H,25,26)(H,21,22,24);1H4. The minimum Gasteiger partial charge on any atom is -0.481 e. The number of nitrogens with zero attached hydrogens (tertiary/aromatic N) is 2. The predicted molar refractivity (Wildman–Crippen MR) is 103 cm³/mol. The van der Waals surface area contributed by atoms with Crippen LogP contribution < -0.4 is 5.32 Å². The highest BCUT2D eigenvalue weighted by molar-refractivity contribution is 5.92. The van der Waals surface area contributed by atoms with Crippen molar-refractivity contribution in [1.82, 2.24) is 9.55 Å². The first-order valence-electron chi connectivity index (χ1n) is 8.86. The van der Waals surface area contributed by atoms with Crippen LogP contribution in [0.15, 0.2) is 12.1 Å². The summed E-state index contributed by atoms with van der Waals surface area (Å²) in [5, 5.41) is 11.8. The monoisotopic (exact) mass is 377 g/mol. The van der Waals surface area contributed by atoms with Gasteiger partial charge in [0.05, 0.1) is 11.9 Å². The molecule has 1 heterocycles. The van der Waals surface area contributed by atoms with Crippen molar-refractivity contribution in [3.8, 4) is 0 Å². The summed E-state index contributed by atoms with van der Waals surface area (Å²) < 4.78 is 16.7. The van der Waals surface area contributed by atoms with Crippen molar-refractivity contribution in [2.75, 3.05) is 5.32 Å². The molecule has 2 aromatic rings. The number of aliphatic carboxylic acids is 1. The highest BCUT2D eigenvalue weighted by atomic mass is 19.1. The zero-order valence-electron chi connectivity index (χ0n) is 15.3. The first kappa shape index (κ1) is 20.9. The van der Waals surface area contributed by atoms with Gasteiger partial charge >= 0.3 is 5.97 Å². The molecule has 0 radical (unpaired) electrons. The van der Waals surface area contributed by atoms with E-state index in [9.17, 15) is 14.0 Å². The third-order valence-corrected chi connectivity index (χ3v) is 4.59. The van der Waals surface area contributed by atoms with Crippen LogP contribution in [0.25, 0.3) is 11.0 Å². The Morgan fingerprint density at radius 3 is 2.52 bits per heavy atom. The molecular weight excluding hydrogens is 349 g/mol. The van der Waals surface area contributed by atoms with E-state index in [1.807, 2.05) is 20.8 Å². The van der Waals surface area contributed by atoms with E-state index in [0.717, 1.165) is 19.3 Å². The average molecular weight is 377 g/mol. The highest BCUT2D eigenvalue weighted by Gasteiger charge is 2.28. The fourth-order valence-corrected chi connectivity index (χ4v) is 3.23. The van der Waals surface area contributed by atoms with Crippen LogP contribution in [-0.4, -0.2) is 26.5 Å². The van der Waals surface area contributed by atoms with Gasteiger partial charge in [0.2, 0.25) is 11.9 Å². The van der Waals surface area contributed by atoms with Gasteiger partial charge in [-0.25, -0.2) is 9.37 Å². The Balaban J connectivity index is 0.00000261. The van der Waals surface area contributed by atoms with Crippen LogP contribution in [0.4, 0.5) is 10.3 Å². The number of fused-ring (bicyclic) bond motifs is 1. The molecule has 1 aliphatic carbocycles. The third-order valence-electron chi connectivity index (χ3n) is 4.59. The number of amides is 1. The molecule has 0 aliphatic heterocycles. The molecule has 0 spiro atoms. The van der Waals surface area contributed by atoms with Crippen LogP contribution >= 0.6 is 0 Å². The zero-order valence-corrected chi connectivity index (χ0v) is 15.3. The lowest BCUT2D eigenvalue weighted by Crippen LogP contribution is -2.24. The van der Waals surface area contributed by atoms with E-state index < -0.39 is 11.8 Å². The summed E-state index contributed by atoms with van der Waals surface area (Å²) in [5.41, 5.74) is 0.657. The number of benzene rings is 1. The molecule has 1 saturated carbocycles. The lowest BCUT2D eigenvalue weighted by atomic mass is 9.92. The molecule has 0 bridgehead atoms. The first-order valence-corrected chi connectivity index (χ1v) is 8.86. The van der Waals surface area contributed by atoms with Crippen molar-refractivity contribution in [2.24, 2.45) is 5.41 Å². The Bertz CT molecular complexity index is 863. The maximum absolute atomic E-state index is 15.0. The van der Waals surface area contributed by atoms with Crippen LogP contribution in [0, 0.1) is 11.2 Å². The number of carboxylic acid groups (broad SMARTS) is 1. The topological polar surface area (TPSA) is 84.2 Å². The molecule has 0 atom stereocenters. The SMILES string of the molecule is C.CC(C)(C)CC(=O)Nc1nc2ccc(CC(=O)O)c(F)c2n1C1CCC1. The quantitative estimate of drug-likeness (QED) is 0.801. The zero-order chi connectivity index (χ0) is 19.1. The van der Waals surface area contributed by atoms with Crippen LogP contribution in [-0.2, 0) is 16.0 Å². The highest BCUT2D eigenvalue weighted by Crippen LogP contribution is 2.38. The molecule has 1 aromatic heterocycles. The van der Waals surface area contributed by atoms with Crippen molar-refractivity contribution in [2.45, 2.75) is 66.3 Å². The van der Waals surface area contributed by atoms with Crippen molar-refractivity contribution in [1.29, 1.82) is 0 Å². The lowest BCUT2D eigenvalue weighted by molar-refractivity contribution is -0.136. The Labute approximate surface area is 158 Å². The second-order valence-corrected chi connectivity index (χ2v) is 8.15. The largest absolute Gasteiger partial charge is 0.481 e. The van der Waals surface area contributed by atoms with Crippen molar-refractivity contribution >= 4 is 28.9 Å². The van der Waals surface area contributed by atoms with Gasteiger partial charge in [0.1, 0.15) is 5.52 Å². The smallest absolute Gasteiger partial charge is 0.307 e. The molecule has 3 rings (SSSR count). The number of imidazole rings is 1. The molecule has 148 valence electrons. The Hall–Kier alpha value is -2.44. The van der Waals surface area contributed by atoms with Crippen LogP contribution in [0.3, 0.4) is 0 Å². The summed E-state index contributed by atoms with van der Waals surface area (Å²) in [6, 6.07) is 3.13. The van der Waals surface area contributed by atoms with Crippen LogP contribution in [0.2, 0.25) is 0 Å². The van der Waals surface area contributed by atoms with Crippen LogP contribution in [0.1, 0.15) is 65.5 Å². The average Bonchev–Trinajstić information content (AvgIpc) is 2.77. The Kier molecular flexibility index (Phi) is 5.92. The van der Waals surface area contributed by atoms with Gasteiger partial charge in [0.15, 0.2) is 5.82 Å². The van der Waals surface area contributed by atoms with Gasteiger partial charge in [-0.1, -0.05) is 34.3 Å². The summed E-state index contributed by atoms with van der Waals surface area (Å²) in [7, 11) is 0. The third kappa shape index (κ3) is 4.46. The molecule has 1 aliphatic rings. The van der Waals surface area contributed by atoms with Gasteiger partial charge in [-0.05, 0) is 30.7 Å². The summed E-state index contributed by atoms with van der Waals surface area (Å²) in [6.07, 6.45) is 2.75. The normalized spacial score (nSPS) is 14.5. The molecule has 0 unspecified atom stereocenters. The number of halogens is 1. The summed E-state index contributed by atoms with van der Waals surface area (Å²) in [6.45, 7) is 5.91. The predicted octanol–water partition coefficient (Wildman–Crippen LogP) is 4.54.